The maximum Gasteiger partial charge on any atom is 0.416 e. The van der Waals surface area contributed by atoms with E-state index in [4.69, 9.17) is 0 Å². The molecule has 48 heavy (non-hydrogen) atoms. The number of hydrogen-bond acceptors (Lipinski definition) is 0. The maximum atomic E-state index is 15.1. The number of benzene rings is 4. The summed E-state index contributed by atoms with van der Waals surface area (Å²) in [6.07, 6.45) is -31.6. The third-order valence-corrected chi connectivity index (χ3v) is 7.71. The molecule has 0 aromatic heterocycles. The van der Waals surface area contributed by atoms with Gasteiger partial charge in [-0.25, -0.2) is 4.39 Å². The Bertz CT molecular complexity index is 1650. The molecule has 0 spiro atoms. The molecule has 0 saturated heterocycles. The van der Waals surface area contributed by atoms with E-state index in [0.29, 0.717) is 12.1 Å². The van der Waals surface area contributed by atoms with E-state index < -0.39 is 92.5 Å². The van der Waals surface area contributed by atoms with Crippen LogP contribution in [-0.2, 0) is 30.9 Å². The van der Waals surface area contributed by atoms with Crippen LogP contribution in [0, 0.1) is 19.7 Å². The van der Waals surface area contributed by atoms with Gasteiger partial charge in [-0.1, -0.05) is 59.7 Å². The van der Waals surface area contributed by atoms with Crippen LogP contribution in [0.25, 0.3) is 0 Å². The van der Waals surface area contributed by atoms with Crippen LogP contribution in [0.5, 0.6) is 0 Å². The molecule has 4 aromatic carbocycles. The lowest BCUT2D eigenvalue weighted by Gasteiger charge is -2.46. The van der Waals surface area contributed by atoms with Gasteiger partial charge in [-0.15, -0.1) is 0 Å². The average molecular weight is 705 g/mol. The van der Waals surface area contributed by atoms with Gasteiger partial charge in [-0.2, -0.15) is 87.7 Å². The molecule has 4 aromatic rings. The van der Waals surface area contributed by atoms with Crippen molar-refractivity contribution in [1.82, 2.24) is 0 Å². The average Bonchev–Trinajstić information content (AvgIpc) is 2.90. The molecule has 17 heteroatoms. The fourth-order valence-corrected chi connectivity index (χ4v) is 5.86. The largest absolute Gasteiger partial charge is 0.416 e. The lowest BCUT2D eigenvalue weighted by Crippen LogP contribution is -2.75. The lowest BCUT2D eigenvalue weighted by molar-refractivity contribution is -0.143. The minimum absolute atomic E-state index is 0.0153. The molecule has 0 aliphatic heterocycles. The number of hydrogen-bond donors (Lipinski definition) is 0. The Kier molecular flexibility index (Phi) is 8.98. The van der Waals surface area contributed by atoms with Gasteiger partial charge in [0, 0.05) is 0 Å². The normalized spacial score (nSPS) is 13.6. The van der Waals surface area contributed by atoms with Gasteiger partial charge in [0.05, 0.1) is 27.8 Å². The van der Waals surface area contributed by atoms with Gasteiger partial charge in [-0.3, -0.25) is 0 Å². The van der Waals surface area contributed by atoms with Crippen molar-refractivity contribution in [1.29, 1.82) is 0 Å². The first-order valence-electron chi connectivity index (χ1n) is 13.4. The Labute approximate surface area is 260 Å². The molecule has 0 radical (unpaired) electrons. The summed E-state index contributed by atoms with van der Waals surface area (Å²) >= 11 is 0. The van der Waals surface area contributed by atoms with Crippen molar-refractivity contribution in [2.24, 2.45) is 0 Å². The summed E-state index contributed by atoms with van der Waals surface area (Å²) in [5.41, 5.74) is -14.4. The summed E-state index contributed by atoms with van der Waals surface area (Å²) in [6.45, 7) is 1.99. The SMILES string of the molecule is Cc1cc([B-](c2cc(C)cc(C(F)(F)F)c2)(c2cc(F)cc(C(F)(F)F)c2)c2cc(C(F)(F)F)cc(C(F)(F)F)c2)cc(C(F)(F)F)c1. The Hall–Kier alpha value is -4.18. The van der Waals surface area contributed by atoms with E-state index in [2.05, 4.69) is 0 Å². The topological polar surface area (TPSA) is 0 Å². The Balaban J connectivity index is 2.44. The van der Waals surface area contributed by atoms with Crippen molar-refractivity contribution >= 4 is 28.0 Å². The molecule has 0 unspecified atom stereocenters. The van der Waals surface area contributed by atoms with Crippen molar-refractivity contribution < 1.29 is 70.2 Å². The number of alkyl halides is 15. The van der Waals surface area contributed by atoms with Crippen LogP contribution >= 0.6 is 0 Å². The van der Waals surface area contributed by atoms with E-state index in [0.717, 1.165) is 26.0 Å². The maximum absolute atomic E-state index is 15.1. The molecule has 258 valence electrons. The highest BCUT2D eigenvalue weighted by Gasteiger charge is 2.43. The molecule has 0 nitrogen and oxygen atoms in total. The number of aryl methyl sites for hydroxylation is 2. The Morgan fingerprint density at radius 3 is 0.896 bits per heavy atom. The van der Waals surface area contributed by atoms with Crippen molar-refractivity contribution in [2.75, 3.05) is 0 Å². The van der Waals surface area contributed by atoms with Crippen LogP contribution in [0.15, 0.2) is 72.8 Å². The molecular formula is C31H18BF16-. The van der Waals surface area contributed by atoms with Crippen LogP contribution in [0.4, 0.5) is 70.2 Å². The minimum Gasteiger partial charge on any atom is -0.207 e. The summed E-state index contributed by atoms with van der Waals surface area (Å²) < 4.78 is 226. The van der Waals surface area contributed by atoms with Gasteiger partial charge < -0.3 is 0 Å². The van der Waals surface area contributed by atoms with Gasteiger partial charge in [0.25, 0.3) is 0 Å². The Morgan fingerprint density at radius 1 is 0.333 bits per heavy atom. The van der Waals surface area contributed by atoms with Crippen LogP contribution in [-0.4, -0.2) is 6.15 Å². The van der Waals surface area contributed by atoms with Gasteiger partial charge in [0.1, 0.15) is 12.0 Å². The zero-order valence-electron chi connectivity index (χ0n) is 24.1. The van der Waals surface area contributed by atoms with E-state index in [1.54, 1.807) is 0 Å². The molecule has 0 atom stereocenters. The molecule has 0 heterocycles. The Morgan fingerprint density at radius 2 is 0.583 bits per heavy atom. The molecule has 0 fully saturated rings. The van der Waals surface area contributed by atoms with Gasteiger partial charge in [-0.05, 0) is 38.1 Å². The van der Waals surface area contributed by atoms with Crippen molar-refractivity contribution in [3.63, 3.8) is 0 Å². The van der Waals surface area contributed by atoms with Crippen molar-refractivity contribution in [3.8, 4) is 0 Å². The van der Waals surface area contributed by atoms with E-state index in [9.17, 15) is 65.9 Å². The second-order valence-corrected chi connectivity index (χ2v) is 11.2. The molecule has 0 aliphatic rings. The molecular weight excluding hydrogens is 687 g/mol. The summed E-state index contributed by atoms with van der Waals surface area (Å²) in [7, 11) is 0. The zero-order chi connectivity index (χ0) is 36.4. The van der Waals surface area contributed by atoms with Crippen LogP contribution in [0.1, 0.15) is 38.9 Å². The van der Waals surface area contributed by atoms with Gasteiger partial charge in [0.2, 0.25) is 0 Å². The third-order valence-electron chi connectivity index (χ3n) is 7.71. The minimum atomic E-state index is -5.62. The second-order valence-electron chi connectivity index (χ2n) is 11.2. The fraction of sp³-hybridized carbons (Fsp3) is 0.226. The number of halogens is 16. The second kappa shape index (κ2) is 11.8. The predicted molar refractivity (Wildman–Crippen MR) is 144 cm³/mol. The van der Waals surface area contributed by atoms with E-state index in [1.165, 1.54) is 0 Å². The predicted octanol–water partition coefficient (Wildman–Crippen LogP) is 8.91. The highest BCUT2D eigenvalue weighted by atomic mass is 19.4. The van der Waals surface area contributed by atoms with Gasteiger partial charge in [0.15, 0.2) is 0 Å². The molecule has 0 N–H and O–H groups in total. The molecule has 4 rings (SSSR count). The molecule has 0 aliphatic carbocycles. The van der Waals surface area contributed by atoms with Crippen LogP contribution in [0.3, 0.4) is 0 Å². The van der Waals surface area contributed by atoms with Crippen molar-refractivity contribution in [2.45, 2.75) is 44.7 Å². The van der Waals surface area contributed by atoms with Crippen molar-refractivity contribution in [3.05, 3.63) is 118 Å². The third kappa shape index (κ3) is 7.28. The van der Waals surface area contributed by atoms with E-state index in [1.807, 2.05) is 0 Å². The molecule has 0 bridgehead atoms. The highest BCUT2D eigenvalue weighted by molar-refractivity contribution is 7.20. The smallest absolute Gasteiger partial charge is 0.207 e. The monoisotopic (exact) mass is 705 g/mol. The summed E-state index contributed by atoms with van der Waals surface area (Å²) in [6, 6.07) is 2.64. The van der Waals surface area contributed by atoms with Crippen LogP contribution < -0.4 is 21.9 Å². The zero-order valence-corrected chi connectivity index (χ0v) is 24.1. The molecule has 0 amide bonds. The first-order valence-corrected chi connectivity index (χ1v) is 13.4. The standard InChI is InChI=1S/C31H18BF16/c1-15-3-17(27(34,35)36)8-22(5-15)32(23-6-16(2)4-18(9-23)28(37,38)39,25-12-21(31(46,47)48)13-26(33)14-25)24-10-19(29(40,41)42)7-20(11-24)30(43,44)45/h3-14H,1-2H3/q-1. The quantitative estimate of drug-likeness (QED) is 0.147. The summed E-state index contributed by atoms with van der Waals surface area (Å²) in [5.74, 6) is -1.79. The molecule has 0 saturated carbocycles. The van der Waals surface area contributed by atoms with Gasteiger partial charge >= 0.3 is 30.9 Å². The first-order chi connectivity index (χ1) is 21.6. The van der Waals surface area contributed by atoms with Crippen LogP contribution in [0.2, 0.25) is 0 Å². The highest BCUT2D eigenvalue weighted by Crippen LogP contribution is 2.37. The fourth-order valence-electron chi connectivity index (χ4n) is 5.86. The lowest BCUT2D eigenvalue weighted by atomic mass is 9.12. The number of rotatable bonds is 4. The summed E-state index contributed by atoms with van der Waals surface area (Å²) in [5, 5.41) is 0. The summed E-state index contributed by atoms with van der Waals surface area (Å²) in [4.78, 5) is 0. The van der Waals surface area contributed by atoms with E-state index in [-0.39, 0.29) is 59.7 Å². The first kappa shape index (κ1) is 36.7. The van der Waals surface area contributed by atoms with E-state index >= 15 is 4.39 Å².